The fraction of sp³-hybridized carbons (Fsp3) is 0.474. The third kappa shape index (κ3) is 3.49. The van der Waals surface area contributed by atoms with Crippen LogP contribution < -0.4 is 5.32 Å². The average Bonchev–Trinajstić information content (AvgIpc) is 2.67. The maximum absolute atomic E-state index is 13.4. The van der Waals surface area contributed by atoms with Crippen LogP contribution in [-0.2, 0) is 23.0 Å². The summed E-state index contributed by atoms with van der Waals surface area (Å²) in [6.45, 7) is 3.66. The highest BCUT2D eigenvalue weighted by Gasteiger charge is 2.37. The zero-order valence-electron chi connectivity index (χ0n) is 15.3. The largest absolute Gasteiger partial charge is 0.312 e. The van der Waals surface area contributed by atoms with Crippen LogP contribution in [0.15, 0.2) is 29.3 Å². The maximum atomic E-state index is 13.4. The van der Waals surface area contributed by atoms with Crippen molar-refractivity contribution in [2.75, 3.05) is 13.1 Å². The van der Waals surface area contributed by atoms with Crippen LogP contribution >= 0.6 is 0 Å². The average molecular weight is 390 g/mol. The summed E-state index contributed by atoms with van der Waals surface area (Å²) >= 11 is 0. The Morgan fingerprint density at radius 1 is 1.30 bits per heavy atom. The number of aromatic nitrogens is 2. The molecule has 3 heterocycles. The van der Waals surface area contributed by atoms with Gasteiger partial charge in [-0.3, -0.25) is 0 Å². The minimum Gasteiger partial charge on any atom is -0.312 e. The smallest absolute Gasteiger partial charge is 0.244 e. The number of rotatable bonds is 3. The molecule has 1 aromatic heterocycles. The summed E-state index contributed by atoms with van der Waals surface area (Å²) in [5.74, 6) is 0.131. The second-order valence-electron chi connectivity index (χ2n) is 7.16. The minimum atomic E-state index is -3.75. The van der Waals surface area contributed by atoms with Gasteiger partial charge in [0.1, 0.15) is 11.6 Å². The molecule has 0 bridgehead atoms. The molecule has 1 aromatic carbocycles. The lowest BCUT2D eigenvalue weighted by molar-refractivity contribution is 0.245. The van der Waals surface area contributed by atoms with Gasteiger partial charge in [0.25, 0.3) is 0 Å². The molecule has 4 rings (SSSR count). The lowest BCUT2D eigenvalue weighted by atomic mass is 10.0. The third-order valence-electron chi connectivity index (χ3n) is 5.30. The Bertz CT molecular complexity index is 964. The predicted molar refractivity (Wildman–Crippen MR) is 99.1 cm³/mol. The van der Waals surface area contributed by atoms with Gasteiger partial charge < -0.3 is 5.32 Å². The van der Waals surface area contributed by atoms with Crippen molar-refractivity contribution in [2.24, 2.45) is 0 Å². The fourth-order valence-corrected chi connectivity index (χ4v) is 5.75. The van der Waals surface area contributed by atoms with E-state index in [2.05, 4.69) is 10.3 Å². The maximum Gasteiger partial charge on any atom is 0.244 e. The van der Waals surface area contributed by atoms with Crippen LogP contribution in [0.4, 0.5) is 4.39 Å². The zero-order valence-corrected chi connectivity index (χ0v) is 16.1. The highest BCUT2D eigenvalue weighted by atomic mass is 32.2. The molecule has 0 saturated carbocycles. The standard InChI is InChI=1S/C19H23FN4O2S/c1-13-10-15(20)5-6-18(13)27(25,26)24-9-3-2-4-17(24)19-22-12-14-11-21-8-7-16(14)23-19/h5-6,10,12,17,21H,2-4,7-9,11H2,1H3/t17-/m1/s1. The first-order valence-electron chi connectivity index (χ1n) is 9.30. The monoisotopic (exact) mass is 390 g/mol. The highest BCUT2D eigenvalue weighted by molar-refractivity contribution is 7.89. The molecule has 2 aliphatic heterocycles. The summed E-state index contributed by atoms with van der Waals surface area (Å²) in [5, 5.41) is 3.29. The van der Waals surface area contributed by atoms with Crippen LogP contribution in [-0.4, -0.2) is 35.8 Å². The van der Waals surface area contributed by atoms with Crippen LogP contribution in [0.25, 0.3) is 0 Å². The number of aryl methyl sites for hydroxylation is 1. The van der Waals surface area contributed by atoms with Gasteiger partial charge in [0.15, 0.2) is 0 Å². The normalized spacial score (nSPS) is 21.0. The molecule has 0 aliphatic carbocycles. The predicted octanol–water partition coefficient (Wildman–Crippen LogP) is 2.49. The molecule has 1 fully saturated rings. The number of hydrogen-bond acceptors (Lipinski definition) is 5. The van der Waals surface area contributed by atoms with Gasteiger partial charge in [0.05, 0.1) is 10.9 Å². The molecule has 0 amide bonds. The molecular weight excluding hydrogens is 367 g/mol. The summed E-state index contributed by atoms with van der Waals surface area (Å²) in [5.41, 5.74) is 2.49. The summed E-state index contributed by atoms with van der Waals surface area (Å²) in [7, 11) is -3.75. The minimum absolute atomic E-state index is 0.151. The Kier molecular flexibility index (Phi) is 4.96. The van der Waals surface area contributed by atoms with Gasteiger partial charge in [-0.2, -0.15) is 4.31 Å². The molecule has 144 valence electrons. The van der Waals surface area contributed by atoms with Gasteiger partial charge >= 0.3 is 0 Å². The van der Waals surface area contributed by atoms with Crippen molar-refractivity contribution < 1.29 is 12.8 Å². The van der Waals surface area contributed by atoms with E-state index in [-0.39, 0.29) is 10.9 Å². The lowest BCUT2D eigenvalue weighted by Crippen LogP contribution is -2.40. The van der Waals surface area contributed by atoms with Crippen molar-refractivity contribution in [3.63, 3.8) is 0 Å². The Hall–Kier alpha value is -1.90. The van der Waals surface area contributed by atoms with E-state index in [4.69, 9.17) is 4.98 Å². The van der Waals surface area contributed by atoms with Crippen LogP contribution in [0.5, 0.6) is 0 Å². The zero-order chi connectivity index (χ0) is 19.0. The molecule has 1 N–H and O–H groups in total. The van der Waals surface area contributed by atoms with E-state index in [1.165, 1.54) is 22.5 Å². The number of halogens is 1. The van der Waals surface area contributed by atoms with Crippen molar-refractivity contribution in [1.82, 2.24) is 19.6 Å². The SMILES string of the molecule is Cc1cc(F)ccc1S(=O)(=O)N1CCCC[C@@H]1c1ncc2c(n1)CCNC2. The number of piperidine rings is 1. The first kappa shape index (κ1) is 18.5. The molecule has 1 saturated heterocycles. The molecule has 2 aromatic rings. The van der Waals surface area contributed by atoms with Crippen LogP contribution in [0.1, 0.15) is 47.9 Å². The molecule has 6 nitrogen and oxygen atoms in total. The van der Waals surface area contributed by atoms with Gasteiger partial charge in [-0.15, -0.1) is 0 Å². The summed E-state index contributed by atoms with van der Waals surface area (Å²) in [6, 6.07) is 3.42. The van der Waals surface area contributed by atoms with Gasteiger partial charge in [-0.25, -0.2) is 22.8 Å². The van der Waals surface area contributed by atoms with E-state index >= 15 is 0 Å². The number of hydrogen-bond donors (Lipinski definition) is 1. The molecule has 0 unspecified atom stereocenters. The summed E-state index contributed by atoms with van der Waals surface area (Å²) in [6.07, 6.45) is 5.05. The quantitative estimate of drug-likeness (QED) is 0.872. The summed E-state index contributed by atoms with van der Waals surface area (Å²) in [4.78, 5) is 9.36. The van der Waals surface area contributed by atoms with Crippen LogP contribution in [0.3, 0.4) is 0 Å². The van der Waals surface area contributed by atoms with Crippen LogP contribution in [0, 0.1) is 12.7 Å². The lowest BCUT2D eigenvalue weighted by Gasteiger charge is -2.34. The first-order valence-corrected chi connectivity index (χ1v) is 10.7. The van der Waals surface area contributed by atoms with Crippen molar-refractivity contribution >= 4 is 10.0 Å². The van der Waals surface area contributed by atoms with Crippen molar-refractivity contribution in [3.05, 3.63) is 52.9 Å². The Morgan fingerprint density at radius 3 is 2.96 bits per heavy atom. The van der Waals surface area contributed by atoms with Gasteiger partial charge in [-0.05, 0) is 43.5 Å². The molecule has 8 heteroatoms. The third-order valence-corrected chi connectivity index (χ3v) is 7.37. The van der Waals surface area contributed by atoms with E-state index in [1.54, 1.807) is 6.92 Å². The van der Waals surface area contributed by atoms with E-state index < -0.39 is 15.8 Å². The Morgan fingerprint density at radius 2 is 2.15 bits per heavy atom. The Balaban J connectivity index is 1.72. The molecule has 27 heavy (non-hydrogen) atoms. The van der Waals surface area contributed by atoms with Gasteiger partial charge in [0.2, 0.25) is 10.0 Å². The molecule has 2 aliphatic rings. The van der Waals surface area contributed by atoms with E-state index in [0.717, 1.165) is 43.6 Å². The number of nitrogens with one attached hydrogen (secondary N) is 1. The summed E-state index contributed by atoms with van der Waals surface area (Å²) < 4.78 is 41.6. The molecule has 0 spiro atoms. The Labute approximate surface area is 158 Å². The number of sulfonamides is 1. The van der Waals surface area contributed by atoms with E-state index in [0.29, 0.717) is 24.4 Å². The number of benzene rings is 1. The molecule has 1 atom stereocenters. The topological polar surface area (TPSA) is 75.2 Å². The van der Waals surface area contributed by atoms with Crippen molar-refractivity contribution in [3.8, 4) is 0 Å². The molecule has 0 radical (unpaired) electrons. The van der Waals surface area contributed by atoms with Gasteiger partial charge in [0, 0.05) is 43.5 Å². The fourth-order valence-electron chi connectivity index (χ4n) is 3.89. The van der Waals surface area contributed by atoms with Crippen molar-refractivity contribution in [1.29, 1.82) is 0 Å². The second-order valence-corrected chi connectivity index (χ2v) is 9.02. The van der Waals surface area contributed by atoms with Crippen LogP contribution in [0.2, 0.25) is 0 Å². The second kappa shape index (κ2) is 7.26. The van der Waals surface area contributed by atoms with E-state index in [9.17, 15) is 12.8 Å². The first-order chi connectivity index (χ1) is 13.0. The van der Waals surface area contributed by atoms with E-state index in [1.807, 2.05) is 6.20 Å². The molecular formula is C19H23FN4O2S. The highest BCUT2D eigenvalue weighted by Crippen LogP contribution is 2.35. The number of nitrogens with zero attached hydrogens (tertiary/aromatic N) is 3. The van der Waals surface area contributed by atoms with Crippen molar-refractivity contribution in [2.45, 2.75) is 50.1 Å². The number of fused-ring (bicyclic) bond motifs is 1. The van der Waals surface area contributed by atoms with Gasteiger partial charge in [-0.1, -0.05) is 6.42 Å².